The second-order valence-electron chi connectivity index (χ2n) is 7.72. The standard InChI is InChI=1S/C23H26O5/c1-5-23(4,19-20(24)27-22(2,3)28-21(19)25)17-13-9-10-14-18(17)26-15-16-11-7-6-8-12-16/h6-14,19H,5,15H2,1-4H3/t23-/m0/s1. The Morgan fingerprint density at radius 1 is 0.964 bits per heavy atom. The van der Waals surface area contributed by atoms with Gasteiger partial charge in [-0.15, -0.1) is 0 Å². The summed E-state index contributed by atoms with van der Waals surface area (Å²) in [7, 11) is 0. The Balaban J connectivity index is 1.93. The third kappa shape index (κ3) is 3.88. The fourth-order valence-corrected chi connectivity index (χ4v) is 3.59. The molecule has 0 saturated carbocycles. The summed E-state index contributed by atoms with van der Waals surface area (Å²) in [5.74, 6) is -2.79. The molecule has 0 amide bonds. The van der Waals surface area contributed by atoms with Crippen LogP contribution in [0, 0.1) is 5.92 Å². The van der Waals surface area contributed by atoms with Gasteiger partial charge in [-0.1, -0.05) is 62.4 Å². The van der Waals surface area contributed by atoms with Crippen molar-refractivity contribution in [2.24, 2.45) is 5.92 Å². The number of esters is 2. The van der Waals surface area contributed by atoms with Crippen molar-refractivity contribution in [1.29, 1.82) is 0 Å². The summed E-state index contributed by atoms with van der Waals surface area (Å²) in [4.78, 5) is 25.5. The molecule has 2 aromatic carbocycles. The van der Waals surface area contributed by atoms with Crippen LogP contribution in [0.4, 0.5) is 0 Å². The van der Waals surface area contributed by atoms with E-state index in [4.69, 9.17) is 14.2 Å². The molecule has 0 unspecified atom stereocenters. The molecule has 0 aliphatic carbocycles. The lowest BCUT2D eigenvalue weighted by Gasteiger charge is -2.41. The van der Waals surface area contributed by atoms with E-state index in [-0.39, 0.29) is 0 Å². The fraction of sp³-hybridized carbons (Fsp3) is 0.391. The molecule has 0 aromatic heterocycles. The Morgan fingerprint density at radius 3 is 2.14 bits per heavy atom. The fourth-order valence-electron chi connectivity index (χ4n) is 3.59. The molecule has 0 spiro atoms. The Bertz CT molecular complexity index is 838. The number of carbonyl (C=O) groups excluding carboxylic acids is 2. The van der Waals surface area contributed by atoms with Crippen LogP contribution in [0.15, 0.2) is 54.6 Å². The van der Waals surface area contributed by atoms with Crippen molar-refractivity contribution in [3.63, 3.8) is 0 Å². The summed E-state index contributed by atoms with van der Waals surface area (Å²) in [5, 5.41) is 0. The van der Waals surface area contributed by atoms with Gasteiger partial charge in [0.05, 0.1) is 0 Å². The molecular weight excluding hydrogens is 356 g/mol. The first kappa shape index (κ1) is 19.9. The van der Waals surface area contributed by atoms with Gasteiger partial charge in [-0.05, 0) is 18.1 Å². The molecule has 5 heteroatoms. The zero-order valence-electron chi connectivity index (χ0n) is 16.7. The highest BCUT2D eigenvalue weighted by atomic mass is 16.7. The SMILES string of the molecule is CC[C@@](C)(c1ccccc1OCc1ccccc1)C1C(=O)OC(C)(C)OC1=O. The number of cyclic esters (lactones) is 2. The quantitative estimate of drug-likeness (QED) is 0.548. The van der Waals surface area contributed by atoms with Crippen molar-refractivity contribution in [2.45, 2.75) is 51.9 Å². The lowest BCUT2D eigenvalue weighted by atomic mass is 9.69. The van der Waals surface area contributed by atoms with E-state index in [1.165, 1.54) is 0 Å². The van der Waals surface area contributed by atoms with E-state index in [0.717, 1.165) is 11.1 Å². The molecule has 1 fully saturated rings. The maximum atomic E-state index is 12.7. The zero-order chi connectivity index (χ0) is 20.4. The molecule has 1 saturated heterocycles. The Kier molecular flexibility index (Phi) is 5.45. The van der Waals surface area contributed by atoms with Crippen LogP contribution in [-0.4, -0.2) is 17.7 Å². The van der Waals surface area contributed by atoms with E-state index in [2.05, 4.69) is 0 Å². The topological polar surface area (TPSA) is 61.8 Å². The number of hydrogen-bond donors (Lipinski definition) is 0. The van der Waals surface area contributed by atoms with E-state index in [1.807, 2.05) is 68.4 Å². The summed E-state index contributed by atoms with van der Waals surface area (Å²) in [5.41, 5.74) is 0.999. The van der Waals surface area contributed by atoms with Crippen LogP contribution in [0.3, 0.4) is 0 Å². The average molecular weight is 382 g/mol. The van der Waals surface area contributed by atoms with Gasteiger partial charge in [-0.25, -0.2) is 0 Å². The van der Waals surface area contributed by atoms with E-state index >= 15 is 0 Å². The van der Waals surface area contributed by atoms with E-state index in [0.29, 0.717) is 18.8 Å². The number of hydrogen-bond acceptors (Lipinski definition) is 5. The minimum absolute atomic E-state index is 0.393. The normalized spacial score (nSPS) is 18.7. The summed E-state index contributed by atoms with van der Waals surface area (Å²) in [6.45, 7) is 7.32. The minimum atomic E-state index is -1.25. The van der Waals surface area contributed by atoms with Gasteiger partial charge in [-0.2, -0.15) is 0 Å². The summed E-state index contributed by atoms with van der Waals surface area (Å²) >= 11 is 0. The molecule has 148 valence electrons. The van der Waals surface area contributed by atoms with Crippen LogP contribution in [-0.2, 0) is 31.1 Å². The lowest BCUT2D eigenvalue weighted by Crippen LogP contribution is -2.53. The maximum Gasteiger partial charge on any atom is 0.324 e. The molecule has 2 aromatic rings. The smallest absolute Gasteiger partial charge is 0.324 e. The molecular formula is C23H26O5. The Morgan fingerprint density at radius 2 is 1.54 bits per heavy atom. The molecule has 1 atom stereocenters. The Labute approximate surface area is 165 Å². The van der Waals surface area contributed by atoms with E-state index in [1.54, 1.807) is 13.8 Å². The van der Waals surface area contributed by atoms with Crippen LogP contribution < -0.4 is 4.74 Å². The molecule has 1 aliphatic rings. The average Bonchev–Trinajstić information content (AvgIpc) is 2.65. The number of carbonyl (C=O) groups is 2. The number of para-hydroxylation sites is 1. The molecule has 1 aliphatic heterocycles. The second-order valence-corrected chi connectivity index (χ2v) is 7.72. The van der Waals surface area contributed by atoms with Crippen LogP contribution in [0.2, 0.25) is 0 Å². The summed E-state index contributed by atoms with van der Waals surface area (Å²) in [6.07, 6.45) is 0.536. The molecule has 3 rings (SSSR count). The number of rotatable bonds is 6. The van der Waals surface area contributed by atoms with Gasteiger partial charge < -0.3 is 14.2 Å². The predicted molar refractivity (Wildman–Crippen MR) is 105 cm³/mol. The zero-order valence-corrected chi connectivity index (χ0v) is 16.7. The van der Waals surface area contributed by atoms with Gasteiger partial charge in [0, 0.05) is 24.8 Å². The highest BCUT2D eigenvalue weighted by Crippen LogP contribution is 2.44. The molecule has 1 heterocycles. The first-order valence-electron chi connectivity index (χ1n) is 9.49. The van der Waals surface area contributed by atoms with Crippen molar-refractivity contribution < 1.29 is 23.8 Å². The van der Waals surface area contributed by atoms with Gasteiger partial charge >= 0.3 is 11.9 Å². The maximum absolute atomic E-state index is 12.7. The minimum Gasteiger partial charge on any atom is -0.489 e. The highest BCUT2D eigenvalue weighted by molar-refractivity contribution is 5.98. The van der Waals surface area contributed by atoms with Crippen LogP contribution in [0.25, 0.3) is 0 Å². The van der Waals surface area contributed by atoms with Gasteiger partial charge in [0.1, 0.15) is 12.4 Å². The molecule has 0 N–H and O–H groups in total. The van der Waals surface area contributed by atoms with E-state index < -0.39 is 29.1 Å². The summed E-state index contributed by atoms with van der Waals surface area (Å²) < 4.78 is 16.8. The Hall–Kier alpha value is -2.82. The molecule has 28 heavy (non-hydrogen) atoms. The summed E-state index contributed by atoms with van der Waals surface area (Å²) in [6, 6.07) is 17.3. The van der Waals surface area contributed by atoms with Crippen molar-refractivity contribution in [2.75, 3.05) is 0 Å². The highest BCUT2D eigenvalue weighted by Gasteiger charge is 2.53. The van der Waals surface area contributed by atoms with Gasteiger partial charge in [0.25, 0.3) is 5.79 Å². The molecule has 0 bridgehead atoms. The number of ether oxygens (including phenoxy) is 3. The first-order valence-corrected chi connectivity index (χ1v) is 9.49. The first-order chi connectivity index (χ1) is 13.3. The van der Waals surface area contributed by atoms with Crippen LogP contribution >= 0.6 is 0 Å². The third-order valence-corrected chi connectivity index (χ3v) is 5.28. The van der Waals surface area contributed by atoms with Crippen molar-refractivity contribution in [3.8, 4) is 5.75 Å². The third-order valence-electron chi connectivity index (χ3n) is 5.28. The van der Waals surface area contributed by atoms with Crippen LogP contribution in [0.1, 0.15) is 45.2 Å². The van der Waals surface area contributed by atoms with Crippen molar-refractivity contribution in [1.82, 2.24) is 0 Å². The van der Waals surface area contributed by atoms with Gasteiger partial charge in [0.2, 0.25) is 0 Å². The molecule has 5 nitrogen and oxygen atoms in total. The lowest BCUT2D eigenvalue weighted by molar-refractivity contribution is -0.243. The second kappa shape index (κ2) is 7.66. The van der Waals surface area contributed by atoms with Gasteiger partial charge in [-0.3, -0.25) is 9.59 Å². The predicted octanol–water partition coefficient (Wildman–Crippen LogP) is 4.39. The van der Waals surface area contributed by atoms with E-state index in [9.17, 15) is 9.59 Å². The number of benzene rings is 2. The molecule has 0 radical (unpaired) electrons. The van der Waals surface area contributed by atoms with Crippen molar-refractivity contribution in [3.05, 3.63) is 65.7 Å². The monoisotopic (exact) mass is 382 g/mol. The van der Waals surface area contributed by atoms with Gasteiger partial charge in [0.15, 0.2) is 5.92 Å². The van der Waals surface area contributed by atoms with Crippen LogP contribution in [0.5, 0.6) is 5.75 Å². The largest absolute Gasteiger partial charge is 0.489 e. The van der Waals surface area contributed by atoms with Crippen molar-refractivity contribution >= 4 is 11.9 Å².